The van der Waals surface area contributed by atoms with Crippen molar-refractivity contribution in [1.29, 1.82) is 0 Å². The molecule has 0 amide bonds. The van der Waals surface area contributed by atoms with Crippen molar-refractivity contribution < 1.29 is 98.1 Å². The molecule has 6 rings (SSSR count). The number of hydrogen-bond donors (Lipinski definition) is 0. The SMILES string of the molecule is CC(=O)CC(=O)C(=O)[O-].CC(=O)CC(=O)C(=O)[O-].CC(=O)CC(=O)C(=O)[O-].CC(=O)CC(=O)C(=O)[O-].[Ir].c1ccc(-c2cc3ccccc3s2)nc1.c1ccc(-c2cc3ccccc3s2)nc1. The molecule has 0 atom stereocenters. The topological polar surface area (TPSA) is 323 Å². The largest absolute Gasteiger partial charge is 0.542 e. The Morgan fingerprint density at radius 1 is 0.403 bits per heavy atom. The molecule has 67 heavy (non-hydrogen) atoms. The summed E-state index contributed by atoms with van der Waals surface area (Å²) in [5.74, 6) is -13.7. The van der Waals surface area contributed by atoms with Crippen molar-refractivity contribution in [3.63, 3.8) is 0 Å². The van der Waals surface area contributed by atoms with Crippen LogP contribution in [-0.2, 0) is 77.6 Å². The Hall–Kier alpha value is -7.45. The van der Waals surface area contributed by atoms with Crippen LogP contribution in [0.1, 0.15) is 53.4 Å². The number of thiophene rings is 2. The van der Waals surface area contributed by atoms with Crippen molar-refractivity contribution >= 4 is 113 Å². The standard InChI is InChI=1S/2C13H9NS.4C5H6O4.Ir/c2*1-2-7-12-10(5-1)9-13(15-12)11-6-3-4-8-14-11;4*1-3(6)2-4(7)5(8)9;/h2*1-9H;4*2H2,1H3,(H,8,9);/p-4. The van der Waals surface area contributed by atoms with E-state index in [1.165, 1.54) is 29.9 Å². The molecule has 353 valence electrons. The van der Waals surface area contributed by atoms with Crippen molar-refractivity contribution in [2.24, 2.45) is 0 Å². The van der Waals surface area contributed by atoms with E-state index in [0.717, 1.165) is 39.1 Å². The number of ketones is 8. The summed E-state index contributed by atoms with van der Waals surface area (Å²) >= 11 is 3.58. The first-order chi connectivity index (χ1) is 31.0. The smallest absolute Gasteiger partial charge is 0.185 e. The van der Waals surface area contributed by atoms with Gasteiger partial charge in [-0.15, -0.1) is 22.7 Å². The zero-order chi connectivity index (χ0) is 49.9. The van der Waals surface area contributed by atoms with Crippen molar-refractivity contribution in [3.8, 4) is 21.1 Å². The van der Waals surface area contributed by atoms with Crippen molar-refractivity contribution in [1.82, 2.24) is 9.97 Å². The summed E-state index contributed by atoms with van der Waals surface area (Å²) in [5, 5.41) is 41.1. The summed E-state index contributed by atoms with van der Waals surface area (Å²) in [5.41, 5.74) is 2.11. The van der Waals surface area contributed by atoms with Gasteiger partial charge in [0.2, 0.25) is 0 Å². The molecule has 0 spiro atoms. The number of nitrogens with zero attached hydrogens (tertiary/aromatic N) is 2. The van der Waals surface area contributed by atoms with Crippen LogP contribution in [0.5, 0.6) is 0 Å². The minimum Gasteiger partial charge on any atom is -0.542 e. The van der Waals surface area contributed by atoms with Gasteiger partial charge in [-0.3, -0.25) is 48.3 Å². The number of aliphatic carboxylic acids is 4. The number of rotatable bonds is 14. The van der Waals surface area contributed by atoms with Gasteiger partial charge < -0.3 is 39.6 Å². The number of carboxylic acids is 4. The van der Waals surface area contributed by atoms with E-state index in [1.807, 2.05) is 48.8 Å². The average Bonchev–Trinajstić information content (AvgIpc) is 3.90. The first-order valence-corrected chi connectivity index (χ1v) is 20.4. The maximum absolute atomic E-state index is 10.1. The van der Waals surface area contributed by atoms with Crippen LogP contribution in [0.2, 0.25) is 0 Å². The molecule has 18 nitrogen and oxygen atoms in total. The van der Waals surface area contributed by atoms with Gasteiger partial charge in [0, 0.05) is 41.9 Å². The Morgan fingerprint density at radius 2 is 0.657 bits per heavy atom. The molecule has 21 heteroatoms. The second-order valence-electron chi connectivity index (χ2n) is 13.1. The monoisotopic (exact) mass is 1130 g/mol. The van der Waals surface area contributed by atoms with Crippen LogP contribution in [0.3, 0.4) is 0 Å². The van der Waals surface area contributed by atoms with Gasteiger partial charge >= 0.3 is 0 Å². The van der Waals surface area contributed by atoms with E-state index < -0.39 is 95.8 Å². The van der Waals surface area contributed by atoms with E-state index in [9.17, 15) is 78.0 Å². The summed E-state index contributed by atoms with van der Waals surface area (Å²) in [4.78, 5) is 130. The number of aromatic nitrogens is 2. The third-order valence-corrected chi connectivity index (χ3v) is 9.51. The van der Waals surface area contributed by atoms with Crippen LogP contribution in [0.15, 0.2) is 109 Å². The normalized spacial score (nSPS) is 9.37. The number of pyridine rings is 2. The minimum atomic E-state index is -1.80. The van der Waals surface area contributed by atoms with E-state index in [0.29, 0.717) is 0 Å². The number of carbonyl (C=O) groups excluding carboxylic acids is 12. The molecular formula is C46H38IrN2O16S2-4. The minimum absolute atomic E-state index is 0. The molecule has 0 aliphatic carbocycles. The van der Waals surface area contributed by atoms with E-state index >= 15 is 0 Å². The molecule has 0 bridgehead atoms. The summed E-state index contributed by atoms with van der Waals surface area (Å²) in [6, 6.07) is 33.2. The zero-order valence-electron chi connectivity index (χ0n) is 35.8. The molecule has 0 unspecified atom stereocenters. The molecular weight excluding hydrogens is 1090 g/mol. The van der Waals surface area contributed by atoms with Gasteiger partial charge in [0.15, 0.2) is 23.1 Å². The molecule has 1 radical (unpaired) electrons. The number of carbonyl (C=O) groups is 12. The maximum Gasteiger partial charge on any atom is 0.185 e. The van der Waals surface area contributed by atoms with Gasteiger partial charge in [0.1, 0.15) is 47.0 Å². The molecule has 4 heterocycles. The van der Waals surface area contributed by atoms with E-state index in [4.69, 9.17) is 0 Å². The third-order valence-electron chi connectivity index (χ3n) is 7.23. The molecule has 0 saturated carbocycles. The number of benzene rings is 2. The van der Waals surface area contributed by atoms with Gasteiger partial charge in [0.25, 0.3) is 0 Å². The Labute approximate surface area is 403 Å². The van der Waals surface area contributed by atoms with Crippen LogP contribution in [-0.4, -0.2) is 80.1 Å². The van der Waals surface area contributed by atoms with Gasteiger partial charge in [-0.05, 0) is 87.0 Å². The molecule has 0 aliphatic heterocycles. The van der Waals surface area contributed by atoms with Gasteiger partial charge in [-0.25, -0.2) is 0 Å². The second-order valence-corrected chi connectivity index (χ2v) is 15.3. The van der Waals surface area contributed by atoms with Crippen LogP contribution < -0.4 is 20.4 Å². The van der Waals surface area contributed by atoms with Crippen LogP contribution in [0, 0.1) is 0 Å². The Kier molecular flexibility index (Phi) is 27.9. The molecule has 0 fully saturated rings. The molecule has 4 aromatic heterocycles. The Morgan fingerprint density at radius 3 is 0.851 bits per heavy atom. The summed E-state index contributed by atoms with van der Waals surface area (Å²) in [6.07, 6.45) is 1.40. The van der Waals surface area contributed by atoms with Crippen molar-refractivity contribution in [2.45, 2.75) is 53.4 Å². The number of carboxylic acid groups (broad SMARTS) is 4. The molecule has 0 saturated heterocycles. The van der Waals surface area contributed by atoms with Crippen LogP contribution >= 0.6 is 22.7 Å². The molecule has 0 aliphatic rings. The van der Waals surface area contributed by atoms with E-state index in [-0.39, 0.29) is 20.1 Å². The van der Waals surface area contributed by atoms with E-state index in [2.05, 4.69) is 70.6 Å². The molecule has 2 aromatic carbocycles. The molecule has 0 N–H and O–H groups in total. The predicted molar refractivity (Wildman–Crippen MR) is 231 cm³/mol. The maximum atomic E-state index is 10.1. The third kappa shape index (κ3) is 25.0. The number of hydrogen-bond acceptors (Lipinski definition) is 20. The fraction of sp³-hybridized carbons (Fsp3) is 0.174. The Balaban J connectivity index is 0.000000796. The van der Waals surface area contributed by atoms with Crippen LogP contribution in [0.4, 0.5) is 0 Å². The first-order valence-electron chi connectivity index (χ1n) is 18.8. The van der Waals surface area contributed by atoms with Crippen molar-refractivity contribution in [2.75, 3.05) is 0 Å². The van der Waals surface area contributed by atoms with Gasteiger partial charge in [-0.2, -0.15) is 0 Å². The van der Waals surface area contributed by atoms with Crippen LogP contribution in [0.25, 0.3) is 41.3 Å². The number of fused-ring (bicyclic) bond motifs is 2. The quantitative estimate of drug-likeness (QED) is 0.109. The summed E-state index contributed by atoms with van der Waals surface area (Å²) in [7, 11) is 0. The summed E-state index contributed by atoms with van der Waals surface area (Å²) < 4.78 is 2.64. The van der Waals surface area contributed by atoms with Gasteiger partial charge in [0.05, 0.1) is 46.8 Å². The zero-order valence-corrected chi connectivity index (χ0v) is 39.8. The van der Waals surface area contributed by atoms with Gasteiger partial charge in [-0.1, -0.05) is 48.5 Å². The molecule has 6 aromatic rings. The van der Waals surface area contributed by atoms with Crippen molar-refractivity contribution in [3.05, 3.63) is 109 Å². The fourth-order valence-corrected chi connectivity index (χ4v) is 6.51. The average molecular weight is 1130 g/mol. The van der Waals surface area contributed by atoms with E-state index in [1.54, 1.807) is 22.7 Å². The summed E-state index contributed by atoms with van der Waals surface area (Å²) in [6.45, 7) is 4.56. The fourth-order valence-electron chi connectivity index (χ4n) is 4.43. The second kappa shape index (κ2) is 31.4. The number of Topliss-reactive ketones (excluding diaryl/α,β-unsaturated/α-hetero) is 8. The predicted octanol–water partition coefficient (Wildman–Crippen LogP) is 1.06. The first kappa shape index (κ1) is 59.5. The Bertz CT molecular complexity index is 2390.